The van der Waals surface area contributed by atoms with Crippen molar-refractivity contribution in [2.24, 2.45) is 0 Å². The Balaban J connectivity index is 3.19. The Morgan fingerprint density at radius 3 is 1.74 bits per heavy atom. The molecular weight excluding hydrogens is 292 g/mol. The minimum Gasteiger partial charge on any atom is -0.469 e. The fourth-order valence-electron chi connectivity index (χ4n) is 2.41. The number of methoxy groups -OCH3 is 1. The number of rotatable bonds is 15. The van der Waals surface area contributed by atoms with Crippen LogP contribution in [0, 0.1) is 0 Å². The minimum absolute atomic E-state index is 0.147. The first-order valence-corrected chi connectivity index (χ1v) is 9.29. The van der Waals surface area contributed by atoms with Crippen LogP contribution < -0.4 is 10.6 Å². The van der Waals surface area contributed by atoms with Crippen LogP contribution in [-0.4, -0.2) is 32.2 Å². The summed E-state index contributed by atoms with van der Waals surface area (Å²) in [6, 6.07) is -0.147. The Hall–Kier alpha value is -1.26. The number of unbranched alkanes of at least 4 members (excludes halogenated alkanes) is 9. The minimum atomic E-state index is -0.238. The molecule has 2 N–H and O–H groups in total. The van der Waals surface area contributed by atoms with E-state index in [1.54, 1.807) is 0 Å². The van der Waals surface area contributed by atoms with Gasteiger partial charge in [0, 0.05) is 19.5 Å². The molecule has 0 aromatic rings. The molecular formula is C18H36N2O3. The van der Waals surface area contributed by atoms with Crippen molar-refractivity contribution in [1.82, 2.24) is 10.6 Å². The van der Waals surface area contributed by atoms with Gasteiger partial charge in [-0.1, -0.05) is 64.7 Å². The first-order valence-electron chi connectivity index (χ1n) is 9.29. The van der Waals surface area contributed by atoms with Gasteiger partial charge in [-0.05, 0) is 12.8 Å². The highest BCUT2D eigenvalue weighted by atomic mass is 16.5. The van der Waals surface area contributed by atoms with E-state index in [4.69, 9.17) is 0 Å². The maximum absolute atomic E-state index is 11.5. The summed E-state index contributed by atoms with van der Waals surface area (Å²) in [6.45, 7) is 3.47. The van der Waals surface area contributed by atoms with Crippen molar-refractivity contribution >= 4 is 12.0 Å². The lowest BCUT2D eigenvalue weighted by atomic mass is 10.1. The number of carbonyl (C=O) groups excluding carboxylic acids is 2. The van der Waals surface area contributed by atoms with Crippen molar-refractivity contribution in [3.63, 3.8) is 0 Å². The molecule has 0 aliphatic rings. The standard InChI is InChI=1S/C18H36N2O3/c1-3-4-5-6-7-8-9-10-11-12-15-19-18(22)20-16-13-14-17(21)23-2/h3-16H2,1-2H3,(H2,19,20,22). The molecule has 0 saturated heterocycles. The van der Waals surface area contributed by atoms with Gasteiger partial charge in [-0.2, -0.15) is 0 Å². The van der Waals surface area contributed by atoms with E-state index in [1.807, 2.05) is 0 Å². The highest BCUT2D eigenvalue weighted by Crippen LogP contribution is 2.10. The summed E-state index contributed by atoms with van der Waals surface area (Å²) >= 11 is 0. The Labute approximate surface area is 141 Å². The van der Waals surface area contributed by atoms with Gasteiger partial charge in [0.25, 0.3) is 0 Å². The maximum atomic E-state index is 11.5. The largest absolute Gasteiger partial charge is 0.469 e. The molecule has 0 heterocycles. The van der Waals surface area contributed by atoms with Crippen molar-refractivity contribution in [3.05, 3.63) is 0 Å². The predicted octanol–water partition coefficient (Wildman–Crippen LogP) is 4.16. The van der Waals surface area contributed by atoms with E-state index >= 15 is 0 Å². The molecule has 0 aliphatic carbocycles. The molecule has 0 atom stereocenters. The van der Waals surface area contributed by atoms with Crippen molar-refractivity contribution in [2.75, 3.05) is 20.2 Å². The summed E-state index contributed by atoms with van der Waals surface area (Å²) in [5.74, 6) is -0.238. The molecule has 0 unspecified atom stereocenters. The quantitative estimate of drug-likeness (QED) is 0.350. The van der Waals surface area contributed by atoms with Crippen LogP contribution in [0.4, 0.5) is 4.79 Å². The van der Waals surface area contributed by atoms with Crippen molar-refractivity contribution < 1.29 is 14.3 Å². The molecule has 0 fully saturated rings. The van der Waals surface area contributed by atoms with E-state index in [0.29, 0.717) is 19.4 Å². The smallest absolute Gasteiger partial charge is 0.314 e. The third-order valence-electron chi connectivity index (χ3n) is 3.89. The van der Waals surface area contributed by atoms with Gasteiger partial charge in [0.15, 0.2) is 0 Å². The van der Waals surface area contributed by atoms with E-state index in [0.717, 1.165) is 13.0 Å². The topological polar surface area (TPSA) is 67.4 Å². The van der Waals surface area contributed by atoms with Gasteiger partial charge < -0.3 is 15.4 Å². The number of ether oxygens (including phenoxy) is 1. The normalized spacial score (nSPS) is 10.3. The number of nitrogens with one attached hydrogen (secondary N) is 2. The van der Waals surface area contributed by atoms with Crippen LogP contribution in [0.1, 0.15) is 84.0 Å². The summed E-state index contributed by atoms with van der Waals surface area (Å²) in [5, 5.41) is 5.58. The van der Waals surface area contributed by atoms with Crippen molar-refractivity contribution in [2.45, 2.75) is 84.0 Å². The fourth-order valence-corrected chi connectivity index (χ4v) is 2.41. The first-order chi connectivity index (χ1) is 11.2. The van der Waals surface area contributed by atoms with Crippen LogP contribution in [0.15, 0.2) is 0 Å². The van der Waals surface area contributed by atoms with Gasteiger partial charge in [0.1, 0.15) is 0 Å². The van der Waals surface area contributed by atoms with E-state index in [2.05, 4.69) is 22.3 Å². The SMILES string of the molecule is CCCCCCCCCCCCNC(=O)NCCCC(=O)OC. The number of urea groups is 1. The molecule has 0 spiro atoms. The van der Waals surface area contributed by atoms with Crippen molar-refractivity contribution in [3.8, 4) is 0 Å². The molecule has 0 rings (SSSR count). The fraction of sp³-hybridized carbons (Fsp3) is 0.889. The second-order valence-electron chi connectivity index (χ2n) is 6.04. The number of carbonyl (C=O) groups is 2. The highest BCUT2D eigenvalue weighted by molar-refractivity contribution is 5.74. The van der Waals surface area contributed by atoms with Crippen LogP contribution in [0.25, 0.3) is 0 Å². The average Bonchev–Trinajstić information content (AvgIpc) is 2.56. The number of amides is 2. The molecule has 23 heavy (non-hydrogen) atoms. The van der Waals surface area contributed by atoms with Crippen LogP contribution in [0.2, 0.25) is 0 Å². The Bertz CT molecular complexity index is 296. The Morgan fingerprint density at radius 1 is 0.739 bits per heavy atom. The van der Waals surface area contributed by atoms with Crippen LogP contribution in [-0.2, 0) is 9.53 Å². The molecule has 0 bridgehead atoms. The number of hydrogen-bond donors (Lipinski definition) is 2. The van der Waals surface area contributed by atoms with E-state index in [-0.39, 0.29) is 12.0 Å². The molecule has 0 aromatic heterocycles. The highest BCUT2D eigenvalue weighted by Gasteiger charge is 2.02. The second kappa shape index (κ2) is 17.1. The van der Waals surface area contributed by atoms with Gasteiger partial charge in [0.2, 0.25) is 0 Å². The zero-order valence-corrected chi connectivity index (χ0v) is 15.1. The zero-order valence-electron chi connectivity index (χ0n) is 15.1. The third kappa shape index (κ3) is 16.9. The van der Waals surface area contributed by atoms with Gasteiger partial charge >= 0.3 is 12.0 Å². The third-order valence-corrected chi connectivity index (χ3v) is 3.89. The summed E-state index contributed by atoms with van der Waals surface area (Å²) < 4.78 is 4.53. The lowest BCUT2D eigenvalue weighted by Gasteiger charge is -2.07. The maximum Gasteiger partial charge on any atom is 0.314 e. The lowest BCUT2D eigenvalue weighted by molar-refractivity contribution is -0.140. The average molecular weight is 328 g/mol. The summed E-state index contributed by atoms with van der Waals surface area (Å²) in [5.41, 5.74) is 0. The molecule has 0 radical (unpaired) electrons. The molecule has 5 nitrogen and oxygen atoms in total. The van der Waals surface area contributed by atoms with Gasteiger partial charge in [-0.25, -0.2) is 4.79 Å². The molecule has 136 valence electrons. The molecule has 5 heteroatoms. The van der Waals surface area contributed by atoms with Crippen molar-refractivity contribution in [1.29, 1.82) is 0 Å². The number of esters is 1. The Morgan fingerprint density at radius 2 is 1.22 bits per heavy atom. The van der Waals surface area contributed by atoms with Crippen LogP contribution >= 0.6 is 0 Å². The summed E-state index contributed by atoms with van der Waals surface area (Å²) in [6.07, 6.45) is 13.9. The van der Waals surface area contributed by atoms with E-state index in [9.17, 15) is 9.59 Å². The van der Waals surface area contributed by atoms with E-state index < -0.39 is 0 Å². The predicted molar refractivity (Wildman–Crippen MR) is 94.5 cm³/mol. The zero-order chi connectivity index (χ0) is 17.2. The molecule has 0 aliphatic heterocycles. The molecule has 0 aromatic carbocycles. The molecule has 0 saturated carbocycles. The van der Waals surface area contributed by atoms with Gasteiger partial charge in [0.05, 0.1) is 7.11 Å². The first kappa shape index (κ1) is 21.7. The van der Waals surface area contributed by atoms with Gasteiger partial charge in [-0.15, -0.1) is 0 Å². The lowest BCUT2D eigenvalue weighted by Crippen LogP contribution is -2.36. The number of hydrogen-bond acceptors (Lipinski definition) is 3. The monoisotopic (exact) mass is 328 g/mol. The Kier molecular flexibility index (Phi) is 16.2. The summed E-state index contributed by atoms with van der Waals surface area (Å²) in [4.78, 5) is 22.4. The van der Waals surface area contributed by atoms with E-state index in [1.165, 1.54) is 64.9 Å². The van der Waals surface area contributed by atoms with Gasteiger partial charge in [-0.3, -0.25) is 4.79 Å². The van der Waals surface area contributed by atoms with Crippen LogP contribution in [0.3, 0.4) is 0 Å². The van der Waals surface area contributed by atoms with Crippen LogP contribution in [0.5, 0.6) is 0 Å². The summed E-state index contributed by atoms with van der Waals surface area (Å²) in [7, 11) is 1.37. The second-order valence-corrected chi connectivity index (χ2v) is 6.04. The molecule has 2 amide bonds.